The monoisotopic (exact) mass is 404 g/mol. The largest absolute Gasteiger partial charge is 0.467 e. The molecular formula is C20H25ClN4O3. The van der Waals surface area contributed by atoms with Gasteiger partial charge < -0.3 is 19.9 Å². The molecule has 2 aromatic rings. The molecule has 2 heterocycles. The number of methoxy groups -OCH3 is 1. The number of nitrogens with one attached hydrogen (secondary N) is 2. The molecule has 7 nitrogen and oxygen atoms in total. The van der Waals surface area contributed by atoms with Gasteiger partial charge in [0.15, 0.2) is 0 Å². The van der Waals surface area contributed by atoms with Crippen LogP contribution in [0.2, 0.25) is 5.02 Å². The molecule has 0 saturated carbocycles. The van der Waals surface area contributed by atoms with E-state index in [0.717, 1.165) is 17.0 Å². The number of hydrogen-bond donors (Lipinski definition) is 2. The number of nitrogens with zero attached hydrogens (tertiary/aromatic N) is 2. The highest BCUT2D eigenvalue weighted by atomic mass is 35.5. The fourth-order valence-electron chi connectivity index (χ4n) is 3.57. The molecule has 1 aromatic carbocycles. The van der Waals surface area contributed by atoms with Gasteiger partial charge in [-0.2, -0.15) is 0 Å². The first kappa shape index (κ1) is 20.2. The van der Waals surface area contributed by atoms with Crippen LogP contribution < -0.4 is 5.32 Å². The van der Waals surface area contributed by atoms with Crippen molar-refractivity contribution in [2.24, 2.45) is 5.92 Å². The summed E-state index contributed by atoms with van der Waals surface area (Å²) < 4.78 is 4.87. The number of amides is 2. The Morgan fingerprint density at radius 1 is 1.43 bits per heavy atom. The van der Waals surface area contributed by atoms with Gasteiger partial charge in [0.1, 0.15) is 12.1 Å². The second-order valence-corrected chi connectivity index (χ2v) is 7.76. The molecule has 0 aliphatic carbocycles. The van der Waals surface area contributed by atoms with Crippen molar-refractivity contribution in [1.29, 1.82) is 0 Å². The Morgan fingerprint density at radius 3 is 2.89 bits per heavy atom. The lowest BCUT2D eigenvalue weighted by Gasteiger charge is -2.36. The van der Waals surface area contributed by atoms with E-state index < -0.39 is 12.0 Å². The summed E-state index contributed by atoms with van der Waals surface area (Å²) in [7, 11) is 1.33. The minimum Gasteiger partial charge on any atom is -0.467 e. The summed E-state index contributed by atoms with van der Waals surface area (Å²) in [5.41, 5.74) is 2.66. The smallest absolute Gasteiger partial charge is 0.328 e. The van der Waals surface area contributed by atoms with Crippen LogP contribution in [0.15, 0.2) is 30.6 Å². The van der Waals surface area contributed by atoms with Crippen LogP contribution in [0.3, 0.4) is 0 Å². The number of carbonyl (C=O) groups excluding carboxylic acids is 2. The zero-order valence-corrected chi connectivity index (χ0v) is 17.0. The third kappa shape index (κ3) is 4.30. The number of ether oxygens (including phenoxy) is 1. The highest BCUT2D eigenvalue weighted by Crippen LogP contribution is 2.34. The van der Waals surface area contributed by atoms with Crippen LogP contribution in [-0.4, -0.2) is 46.6 Å². The van der Waals surface area contributed by atoms with E-state index in [-0.39, 0.29) is 18.0 Å². The Morgan fingerprint density at radius 2 is 2.21 bits per heavy atom. The van der Waals surface area contributed by atoms with E-state index in [1.807, 2.05) is 32.0 Å². The molecule has 1 aromatic heterocycles. The van der Waals surface area contributed by atoms with Gasteiger partial charge in [-0.3, -0.25) is 0 Å². The third-order valence-corrected chi connectivity index (χ3v) is 5.08. The fraction of sp³-hybridized carbons (Fsp3) is 0.450. The van der Waals surface area contributed by atoms with Crippen LogP contribution in [-0.2, 0) is 16.0 Å². The number of H-pyrrole nitrogens is 1. The van der Waals surface area contributed by atoms with Gasteiger partial charge in [0.2, 0.25) is 0 Å². The Bertz CT molecular complexity index is 851. The summed E-state index contributed by atoms with van der Waals surface area (Å²) in [6, 6.07) is 6.00. The van der Waals surface area contributed by atoms with E-state index in [1.165, 1.54) is 7.11 Å². The standard InChI is InChI=1S/C20H25ClN4O3/c1-12(2)9-16(19(26)28-3)24-20(27)25-8-7-15-17(23-11-22-15)18(25)13-5-4-6-14(21)10-13/h4-6,10-12,16,18H,7-9H2,1-3H3,(H,22,23)(H,24,27)/t16-,18-/m1/s1. The van der Waals surface area contributed by atoms with Crippen molar-refractivity contribution in [3.05, 3.63) is 52.6 Å². The van der Waals surface area contributed by atoms with Gasteiger partial charge in [0.25, 0.3) is 0 Å². The first-order valence-corrected chi connectivity index (χ1v) is 9.71. The van der Waals surface area contributed by atoms with E-state index in [9.17, 15) is 9.59 Å². The number of halogens is 1. The first-order chi connectivity index (χ1) is 13.4. The van der Waals surface area contributed by atoms with Crippen LogP contribution in [0.25, 0.3) is 0 Å². The van der Waals surface area contributed by atoms with Gasteiger partial charge >= 0.3 is 12.0 Å². The molecule has 3 rings (SSSR count). The highest BCUT2D eigenvalue weighted by Gasteiger charge is 2.36. The van der Waals surface area contributed by atoms with Crippen molar-refractivity contribution in [2.45, 2.75) is 38.8 Å². The summed E-state index contributed by atoms with van der Waals surface area (Å²) in [5.74, 6) is -0.216. The van der Waals surface area contributed by atoms with Crippen LogP contribution in [0, 0.1) is 5.92 Å². The molecule has 150 valence electrons. The van der Waals surface area contributed by atoms with E-state index in [0.29, 0.717) is 24.4 Å². The molecule has 8 heteroatoms. The van der Waals surface area contributed by atoms with E-state index >= 15 is 0 Å². The Kier molecular flexibility index (Phi) is 6.24. The molecular weight excluding hydrogens is 380 g/mol. The van der Waals surface area contributed by atoms with Gasteiger partial charge in [-0.1, -0.05) is 37.6 Å². The number of carbonyl (C=O) groups is 2. The lowest BCUT2D eigenvalue weighted by atomic mass is 9.96. The van der Waals surface area contributed by atoms with Crippen molar-refractivity contribution >= 4 is 23.6 Å². The molecule has 2 atom stereocenters. The van der Waals surface area contributed by atoms with Gasteiger partial charge in [-0.15, -0.1) is 0 Å². The molecule has 1 aliphatic rings. The fourth-order valence-corrected chi connectivity index (χ4v) is 3.77. The number of imidazole rings is 1. The number of fused-ring (bicyclic) bond motifs is 1. The average Bonchev–Trinajstić information content (AvgIpc) is 3.14. The number of aromatic amines is 1. The summed E-state index contributed by atoms with van der Waals surface area (Å²) in [5, 5.41) is 3.44. The molecule has 0 bridgehead atoms. The number of esters is 1. The van der Waals surface area contributed by atoms with Crippen LogP contribution >= 0.6 is 11.6 Å². The van der Waals surface area contributed by atoms with Gasteiger partial charge in [-0.05, 0) is 30.0 Å². The number of urea groups is 1. The zero-order chi connectivity index (χ0) is 20.3. The predicted molar refractivity (Wildman–Crippen MR) is 106 cm³/mol. The summed E-state index contributed by atoms with van der Waals surface area (Å²) in [6.45, 7) is 4.48. The zero-order valence-electron chi connectivity index (χ0n) is 16.2. The quantitative estimate of drug-likeness (QED) is 0.748. The van der Waals surface area contributed by atoms with Crippen molar-refractivity contribution in [2.75, 3.05) is 13.7 Å². The Hall–Kier alpha value is -2.54. The van der Waals surface area contributed by atoms with Crippen molar-refractivity contribution in [3.63, 3.8) is 0 Å². The molecule has 1 aliphatic heterocycles. The number of hydrogen-bond acceptors (Lipinski definition) is 4. The lowest BCUT2D eigenvalue weighted by molar-refractivity contribution is -0.143. The molecule has 0 spiro atoms. The SMILES string of the molecule is COC(=O)[C@@H](CC(C)C)NC(=O)N1CCc2[nH]cnc2[C@H]1c1cccc(Cl)c1. The third-order valence-electron chi connectivity index (χ3n) is 4.84. The van der Waals surface area contributed by atoms with Gasteiger partial charge in [-0.25, -0.2) is 14.6 Å². The minimum atomic E-state index is -0.696. The predicted octanol–water partition coefficient (Wildman–Crippen LogP) is 3.31. The second-order valence-electron chi connectivity index (χ2n) is 7.32. The molecule has 2 N–H and O–H groups in total. The molecule has 28 heavy (non-hydrogen) atoms. The van der Waals surface area contributed by atoms with Crippen LogP contribution in [0.1, 0.15) is 43.3 Å². The van der Waals surface area contributed by atoms with Gasteiger partial charge in [0, 0.05) is 23.7 Å². The van der Waals surface area contributed by atoms with Crippen molar-refractivity contribution in [3.8, 4) is 0 Å². The van der Waals surface area contributed by atoms with Crippen molar-refractivity contribution < 1.29 is 14.3 Å². The topological polar surface area (TPSA) is 87.3 Å². The number of aromatic nitrogens is 2. The van der Waals surface area contributed by atoms with Crippen LogP contribution in [0.5, 0.6) is 0 Å². The van der Waals surface area contributed by atoms with E-state index in [1.54, 1.807) is 17.3 Å². The summed E-state index contributed by atoms with van der Waals surface area (Å²) in [4.78, 5) is 34.6. The highest BCUT2D eigenvalue weighted by molar-refractivity contribution is 6.30. The molecule has 0 fully saturated rings. The second kappa shape index (κ2) is 8.65. The molecule has 0 unspecified atom stereocenters. The molecule has 0 saturated heterocycles. The maximum atomic E-state index is 13.1. The Labute approximate surface area is 169 Å². The Balaban J connectivity index is 1.90. The van der Waals surface area contributed by atoms with Gasteiger partial charge in [0.05, 0.1) is 19.1 Å². The van der Waals surface area contributed by atoms with E-state index in [2.05, 4.69) is 15.3 Å². The molecule has 0 radical (unpaired) electrons. The lowest BCUT2D eigenvalue weighted by Crippen LogP contribution is -2.51. The van der Waals surface area contributed by atoms with Crippen molar-refractivity contribution in [1.82, 2.24) is 20.2 Å². The molecule has 2 amide bonds. The first-order valence-electron chi connectivity index (χ1n) is 9.33. The number of rotatable bonds is 5. The van der Waals surface area contributed by atoms with E-state index in [4.69, 9.17) is 16.3 Å². The normalized spacial score (nSPS) is 17.2. The number of benzene rings is 1. The summed E-state index contributed by atoms with van der Waals surface area (Å²) >= 11 is 6.19. The average molecular weight is 405 g/mol. The maximum Gasteiger partial charge on any atom is 0.328 e. The maximum absolute atomic E-state index is 13.1. The summed E-state index contributed by atoms with van der Waals surface area (Å²) in [6.07, 6.45) is 2.80. The minimum absolute atomic E-state index is 0.229. The van der Waals surface area contributed by atoms with Crippen LogP contribution in [0.4, 0.5) is 4.79 Å².